The van der Waals surface area contributed by atoms with Crippen LogP contribution in [0, 0.1) is 14.4 Å². The van der Waals surface area contributed by atoms with Crippen LogP contribution >= 0.6 is 0 Å². The average molecular weight is 212 g/mol. The van der Waals surface area contributed by atoms with Gasteiger partial charge in [-0.05, 0) is 0 Å². The van der Waals surface area contributed by atoms with Crippen LogP contribution in [-0.4, -0.2) is 17.1 Å². The molecule has 0 atom stereocenters. The van der Waals surface area contributed by atoms with E-state index in [1.54, 1.807) is 0 Å². The van der Waals surface area contributed by atoms with E-state index in [4.69, 9.17) is 9.90 Å². The van der Waals surface area contributed by atoms with Crippen LogP contribution in [0.2, 0.25) is 0 Å². The third kappa shape index (κ3) is 3380. The van der Waals surface area contributed by atoms with E-state index in [2.05, 4.69) is 6.92 Å². The molecule has 0 aromatic rings. The zero-order valence-corrected chi connectivity index (χ0v) is 8.23. The molecule has 0 spiro atoms. The molecule has 0 aliphatic heterocycles. The van der Waals surface area contributed by atoms with Crippen LogP contribution in [0.5, 0.6) is 0 Å². The molecular weight excluding hydrogens is 199 g/mol. The van der Waals surface area contributed by atoms with Crippen molar-refractivity contribution < 1.29 is 41.6 Å². The monoisotopic (exact) mass is 211 g/mol. The van der Waals surface area contributed by atoms with E-state index in [9.17, 15) is 0 Å². The molecule has 0 rings (SSSR count). The van der Waals surface area contributed by atoms with Crippen LogP contribution in [0.4, 0.5) is 0 Å². The summed E-state index contributed by atoms with van der Waals surface area (Å²) in [6.07, 6.45) is 1.00. The van der Waals surface area contributed by atoms with E-state index < -0.39 is 0 Å². The molecular formula is C5H13O3Zr. The first-order chi connectivity index (χ1) is 2.83. The van der Waals surface area contributed by atoms with E-state index in [1.165, 1.54) is 0 Å². The molecule has 3 N–H and O–H groups in total. The van der Waals surface area contributed by atoms with Gasteiger partial charge in [0.25, 0.3) is 0 Å². The second-order valence-corrected chi connectivity index (χ2v) is 0.591. The first-order valence-corrected chi connectivity index (χ1v) is 1.63. The maximum Gasteiger partial charge on any atom is 3.00 e. The molecule has 0 aliphatic carbocycles. The molecule has 0 aromatic carbocycles. The van der Waals surface area contributed by atoms with Gasteiger partial charge in [0.2, 0.25) is 0 Å². The van der Waals surface area contributed by atoms with Gasteiger partial charge in [0.15, 0.2) is 0 Å². The zero-order valence-electron chi connectivity index (χ0n) is 5.77. The van der Waals surface area contributed by atoms with Crippen molar-refractivity contribution in [1.82, 2.24) is 0 Å². The molecule has 3 nitrogen and oxygen atoms in total. The standard InChI is InChI=1S/C3H7.CHO2.CH3.H2O.Zr/c1-3-2;2-1-3;;;/h1,3H2,2H3;(H,2,3);1H3;1H2;/q3*-1;;+3. The van der Waals surface area contributed by atoms with E-state index in [0.717, 1.165) is 6.42 Å². The van der Waals surface area contributed by atoms with E-state index in [0.29, 0.717) is 6.47 Å². The summed E-state index contributed by atoms with van der Waals surface area (Å²) in [5.41, 5.74) is 0. The topological polar surface area (TPSA) is 68.8 Å². The fourth-order valence-electron chi connectivity index (χ4n) is 0. The fraction of sp³-hybridized carbons (Fsp3) is 0.400. The zero-order chi connectivity index (χ0) is 5.41. The summed E-state index contributed by atoms with van der Waals surface area (Å²) in [7, 11) is 0. The van der Waals surface area contributed by atoms with Gasteiger partial charge < -0.3 is 29.7 Å². The van der Waals surface area contributed by atoms with Crippen molar-refractivity contribution in [1.29, 1.82) is 0 Å². The molecule has 0 unspecified atom stereocenters. The second kappa shape index (κ2) is 83.1. The van der Waals surface area contributed by atoms with Crippen molar-refractivity contribution in [2.24, 2.45) is 0 Å². The Balaban J connectivity index is -0.00000000889. The van der Waals surface area contributed by atoms with Crippen molar-refractivity contribution in [3.8, 4) is 0 Å². The minimum atomic E-state index is 0. The van der Waals surface area contributed by atoms with E-state index in [1.807, 2.05) is 6.92 Å². The fourth-order valence-corrected chi connectivity index (χ4v) is 0. The summed E-state index contributed by atoms with van der Waals surface area (Å²) < 4.78 is 0. The van der Waals surface area contributed by atoms with Gasteiger partial charge in [0, 0.05) is 0 Å². The molecule has 0 fully saturated rings. The maximum atomic E-state index is 8.24. The normalized spacial score (nSPS) is 3.33. The summed E-state index contributed by atoms with van der Waals surface area (Å²) >= 11 is 0. The van der Waals surface area contributed by atoms with Crippen molar-refractivity contribution >= 4 is 6.47 Å². The van der Waals surface area contributed by atoms with E-state index >= 15 is 0 Å². The van der Waals surface area contributed by atoms with Gasteiger partial charge in [-0.2, -0.15) is 6.42 Å². The molecule has 0 bridgehead atoms. The number of hydrogen-bond donors (Lipinski definition) is 1. The largest absolute Gasteiger partial charge is 3.00 e. The Hall–Kier alpha value is 0.313. The van der Waals surface area contributed by atoms with Gasteiger partial charge in [-0.15, -0.1) is 0 Å². The van der Waals surface area contributed by atoms with Gasteiger partial charge in [0.1, 0.15) is 0 Å². The van der Waals surface area contributed by atoms with Crippen LogP contribution in [0.25, 0.3) is 0 Å². The first kappa shape index (κ1) is 34.6. The second-order valence-electron chi connectivity index (χ2n) is 0.591. The van der Waals surface area contributed by atoms with Crippen LogP contribution in [-0.2, 0) is 31.0 Å². The van der Waals surface area contributed by atoms with Crippen molar-refractivity contribution in [2.75, 3.05) is 0 Å². The van der Waals surface area contributed by atoms with Gasteiger partial charge >= 0.3 is 26.2 Å². The van der Waals surface area contributed by atoms with Crippen LogP contribution in [0.1, 0.15) is 13.3 Å². The SMILES string of the molecule is O.O=[C-]O.[CH2-]CC.[CH3-].[Zr+3]. The third-order valence-corrected chi connectivity index (χ3v) is 0. The third-order valence-electron chi connectivity index (χ3n) is 0. The van der Waals surface area contributed by atoms with Crippen molar-refractivity contribution in [3.05, 3.63) is 14.4 Å². The van der Waals surface area contributed by atoms with Gasteiger partial charge in [0.05, 0.1) is 0 Å². The quantitative estimate of drug-likeness (QED) is 0.593. The predicted octanol–water partition coefficient (Wildman–Crippen LogP) is 0.465. The Bertz CT molecular complexity index is 26.2. The van der Waals surface area contributed by atoms with Crippen molar-refractivity contribution in [2.45, 2.75) is 13.3 Å². The summed E-state index contributed by atoms with van der Waals surface area (Å²) in [6, 6.07) is 0. The molecule has 0 saturated heterocycles. The Morgan fingerprint density at radius 3 is 1.67 bits per heavy atom. The van der Waals surface area contributed by atoms with Crippen molar-refractivity contribution in [3.63, 3.8) is 0 Å². The molecule has 0 heterocycles. The van der Waals surface area contributed by atoms with Gasteiger partial charge in [-0.1, -0.05) is 13.4 Å². The Morgan fingerprint density at radius 2 is 1.67 bits per heavy atom. The maximum absolute atomic E-state index is 8.24. The van der Waals surface area contributed by atoms with Crippen LogP contribution in [0.3, 0.4) is 0 Å². The van der Waals surface area contributed by atoms with Gasteiger partial charge in [-0.25, -0.2) is 0 Å². The van der Waals surface area contributed by atoms with E-state index in [-0.39, 0.29) is 39.1 Å². The smallest absolute Gasteiger partial charge is 0.665 e. The first-order valence-electron chi connectivity index (χ1n) is 1.63. The molecule has 1 radical (unpaired) electrons. The average Bonchev–Trinajstić information content (AvgIpc) is 1.39. The summed E-state index contributed by atoms with van der Waals surface area (Å²) in [5, 5.41) is 6.76. The molecule has 0 aliphatic rings. The molecule has 0 saturated carbocycles. The van der Waals surface area contributed by atoms with Crippen LogP contribution < -0.4 is 0 Å². The minimum Gasteiger partial charge on any atom is -0.665 e. The summed E-state index contributed by atoms with van der Waals surface area (Å²) in [6.45, 7) is 6.00. The Kier molecular flexibility index (Phi) is 319. The summed E-state index contributed by atoms with van der Waals surface area (Å²) in [5.74, 6) is 0. The van der Waals surface area contributed by atoms with Gasteiger partial charge in [-0.3, -0.25) is 0 Å². The number of aliphatic hydroxyl groups excluding tert-OH is 1. The molecule has 9 heavy (non-hydrogen) atoms. The summed E-state index contributed by atoms with van der Waals surface area (Å²) in [4.78, 5) is 8.24. The minimum absolute atomic E-state index is 0. The Morgan fingerprint density at radius 1 is 1.67 bits per heavy atom. The predicted molar refractivity (Wildman–Crippen MR) is 34.0 cm³/mol. The number of hydrogen-bond acceptors (Lipinski definition) is 1. The molecule has 0 amide bonds. The molecule has 0 aromatic heterocycles. The van der Waals surface area contributed by atoms with Crippen LogP contribution in [0.15, 0.2) is 0 Å². The molecule has 55 valence electrons. The Labute approximate surface area is 75.9 Å². The number of rotatable bonds is 0. The molecule has 4 heteroatoms.